The van der Waals surface area contributed by atoms with Gasteiger partial charge in [-0.05, 0) is 43.5 Å². The van der Waals surface area contributed by atoms with Crippen molar-refractivity contribution in [3.05, 3.63) is 33.8 Å². The standard InChI is InChI=1S/C13H15BrN2O2/c1-8-7-9(4-5-10(8)14)12(17)16-11-3-2-6-15-13(11)18/h4-5,7,11H,2-3,6H2,1H3,(H,15,18)(H,16,17). The van der Waals surface area contributed by atoms with Crippen LogP contribution < -0.4 is 10.6 Å². The Hall–Kier alpha value is -1.36. The van der Waals surface area contributed by atoms with E-state index in [0.717, 1.165) is 16.5 Å². The van der Waals surface area contributed by atoms with Gasteiger partial charge in [-0.1, -0.05) is 15.9 Å². The van der Waals surface area contributed by atoms with Gasteiger partial charge in [0, 0.05) is 16.6 Å². The van der Waals surface area contributed by atoms with Crippen molar-refractivity contribution >= 4 is 27.7 Å². The molecule has 4 nitrogen and oxygen atoms in total. The molecule has 0 spiro atoms. The second-order valence-corrected chi connectivity index (χ2v) is 5.28. The maximum absolute atomic E-state index is 12.0. The first-order valence-electron chi connectivity index (χ1n) is 5.92. The van der Waals surface area contributed by atoms with Crippen LogP contribution in [-0.2, 0) is 4.79 Å². The number of amides is 2. The van der Waals surface area contributed by atoms with Gasteiger partial charge in [0.2, 0.25) is 5.91 Å². The summed E-state index contributed by atoms with van der Waals surface area (Å²) < 4.78 is 0.967. The predicted octanol–water partition coefficient (Wildman–Crippen LogP) is 1.77. The van der Waals surface area contributed by atoms with Crippen molar-refractivity contribution in [3.8, 4) is 0 Å². The van der Waals surface area contributed by atoms with E-state index in [1.54, 1.807) is 12.1 Å². The van der Waals surface area contributed by atoms with Crippen molar-refractivity contribution < 1.29 is 9.59 Å². The van der Waals surface area contributed by atoms with E-state index in [9.17, 15) is 9.59 Å². The van der Waals surface area contributed by atoms with Crippen LogP contribution in [0.4, 0.5) is 0 Å². The van der Waals surface area contributed by atoms with Crippen LogP contribution in [0.15, 0.2) is 22.7 Å². The summed E-state index contributed by atoms with van der Waals surface area (Å²) in [5.41, 5.74) is 1.57. The highest BCUT2D eigenvalue weighted by atomic mass is 79.9. The van der Waals surface area contributed by atoms with Crippen molar-refractivity contribution in [1.82, 2.24) is 10.6 Å². The van der Waals surface area contributed by atoms with Crippen LogP contribution in [0.3, 0.4) is 0 Å². The van der Waals surface area contributed by atoms with Crippen LogP contribution in [-0.4, -0.2) is 24.4 Å². The Labute approximate surface area is 114 Å². The molecule has 0 saturated carbocycles. The van der Waals surface area contributed by atoms with E-state index in [1.165, 1.54) is 0 Å². The number of carbonyl (C=O) groups is 2. The van der Waals surface area contributed by atoms with Gasteiger partial charge in [-0.3, -0.25) is 9.59 Å². The van der Waals surface area contributed by atoms with E-state index < -0.39 is 6.04 Å². The van der Waals surface area contributed by atoms with Crippen LogP contribution in [0.5, 0.6) is 0 Å². The summed E-state index contributed by atoms with van der Waals surface area (Å²) in [5.74, 6) is -0.295. The average Bonchev–Trinajstić information content (AvgIpc) is 2.35. The average molecular weight is 311 g/mol. The van der Waals surface area contributed by atoms with Gasteiger partial charge in [-0.15, -0.1) is 0 Å². The molecule has 96 valence electrons. The second kappa shape index (κ2) is 5.52. The molecular weight excluding hydrogens is 296 g/mol. The van der Waals surface area contributed by atoms with Gasteiger partial charge < -0.3 is 10.6 Å². The Kier molecular flexibility index (Phi) is 4.01. The molecule has 2 amide bonds. The molecule has 2 N–H and O–H groups in total. The fourth-order valence-corrected chi connectivity index (χ4v) is 2.18. The number of rotatable bonds is 2. The molecule has 18 heavy (non-hydrogen) atoms. The fraction of sp³-hybridized carbons (Fsp3) is 0.385. The Morgan fingerprint density at radius 1 is 1.50 bits per heavy atom. The Bertz CT molecular complexity index is 488. The van der Waals surface area contributed by atoms with Crippen LogP contribution in [0.1, 0.15) is 28.8 Å². The minimum Gasteiger partial charge on any atom is -0.354 e. The van der Waals surface area contributed by atoms with E-state index >= 15 is 0 Å². The van der Waals surface area contributed by atoms with Crippen molar-refractivity contribution in [2.75, 3.05) is 6.54 Å². The maximum atomic E-state index is 12.0. The van der Waals surface area contributed by atoms with Gasteiger partial charge in [0.15, 0.2) is 0 Å². The van der Waals surface area contributed by atoms with Gasteiger partial charge in [0.05, 0.1) is 0 Å². The molecule has 1 unspecified atom stereocenters. The lowest BCUT2D eigenvalue weighted by molar-refractivity contribution is -0.124. The van der Waals surface area contributed by atoms with Gasteiger partial charge in [0.25, 0.3) is 5.91 Å². The van der Waals surface area contributed by atoms with E-state index in [-0.39, 0.29) is 11.8 Å². The van der Waals surface area contributed by atoms with E-state index in [2.05, 4.69) is 26.6 Å². The third-order valence-corrected chi connectivity index (χ3v) is 3.90. The molecule has 1 aromatic rings. The summed E-state index contributed by atoms with van der Waals surface area (Å²) in [7, 11) is 0. The molecule has 0 aromatic heterocycles. The highest BCUT2D eigenvalue weighted by Gasteiger charge is 2.23. The molecule has 1 fully saturated rings. The molecule has 1 atom stereocenters. The zero-order valence-corrected chi connectivity index (χ0v) is 11.7. The van der Waals surface area contributed by atoms with E-state index in [1.807, 2.05) is 13.0 Å². The highest BCUT2D eigenvalue weighted by molar-refractivity contribution is 9.10. The number of hydrogen-bond donors (Lipinski definition) is 2. The number of hydrogen-bond acceptors (Lipinski definition) is 2. The lowest BCUT2D eigenvalue weighted by Gasteiger charge is -2.22. The van der Waals surface area contributed by atoms with Crippen LogP contribution in [0.25, 0.3) is 0 Å². The molecule has 0 radical (unpaired) electrons. The quantitative estimate of drug-likeness (QED) is 0.874. The van der Waals surface area contributed by atoms with Crippen LogP contribution >= 0.6 is 15.9 Å². The third-order valence-electron chi connectivity index (χ3n) is 3.01. The Balaban J connectivity index is 2.07. The zero-order valence-electron chi connectivity index (χ0n) is 10.1. The maximum Gasteiger partial charge on any atom is 0.251 e. The number of piperidine rings is 1. The first-order valence-corrected chi connectivity index (χ1v) is 6.72. The molecule has 5 heteroatoms. The molecule has 1 aromatic carbocycles. The highest BCUT2D eigenvalue weighted by Crippen LogP contribution is 2.17. The molecule has 0 aliphatic carbocycles. The minimum atomic E-state index is -0.407. The Morgan fingerprint density at radius 3 is 2.94 bits per heavy atom. The molecule has 1 heterocycles. The number of aryl methyl sites for hydroxylation is 1. The summed E-state index contributed by atoms with van der Waals surface area (Å²) in [6, 6.07) is 4.98. The third kappa shape index (κ3) is 2.90. The molecule has 1 aliphatic rings. The summed E-state index contributed by atoms with van der Waals surface area (Å²) in [6.07, 6.45) is 1.60. The second-order valence-electron chi connectivity index (χ2n) is 4.42. The number of benzene rings is 1. The van der Waals surface area contributed by atoms with E-state index in [4.69, 9.17) is 0 Å². The number of carbonyl (C=O) groups excluding carboxylic acids is 2. The molecule has 2 rings (SSSR count). The SMILES string of the molecule is Cc1cc(C(=O)NC2CCCNC2=O)ccc1Br. The molecule has 0 bridgehead atoms. The smallest absolute Gasteiger partial charge is 0.251 e. The normalized spacial score (nSPS) is 19.2. The van der Waals surface area contributed by atoms with Crippen molar-refractivity contribution in [2.24, 2.45) is 0 Å². The largest absolute Gasteiger partial charge is 0.354 e. The molecule has 1 aliphatic heterocycles. The summed E-state index contributed by atoms with van der Waals surface area (Å²) in [6.45, 7) is 2.62. The van der Waals surface area contributed by atoms with Gasteiger partial charge in [-0.25, -0.2) is 0 Å². The van der Waals surface area contributed by atoms with Crippen molar-refractivity contribution in [1.29, 1.82) is 0 Å². The lowest BCUT2D eigenvalue weighted by Crippen LogP contribution is -2.50. The summed E-state index contributed by atoms with van der Waals surface area (Å²) in [4.78, 5) is 23.6. The van der Waals surface area contributed by atoms with Gasteiger partial charge in [-0.2, -0.15) is 0 Å². The number of nitrogens with one attached hydrogen (secondary N) is 2. The first-order chi connectivity index (χ1) is 8.58. The van der Waals surface area contributed by atoms with Crippen LogP contribution in [0, 0.1) is 6.92 Å². The van der Waals surface area contributed by atoms with Crippen molar-refractivity contribution in [3.63, 3.8) is 0 Å². The zero-order chi connectivity index (χ0) is 13.1. The monoisotopic (exact) mass is 310 g/mol. The minimum absolute atomic E-state index is 0.0940. The predicted molar refractivity (Wildman–Crippen MR) is 72.4 cm³/mol. The van der Waals surface area contributed by atoms with Gasteiger partial charge >= 0.3 is 0 Å². The lowest BCUT2D eigenvalue weighted by atomic mass is 10.1. The van der Waals surface area contributed by atoms with Crippen molar-refractivity contribution in [2.45, 2.75) is 25.8 Å². The molecular formula is C13H15BrN2O2. The summed E-state index contributed by atoms with van der Waals surface area (Å²) in [5, 5.41) is 5.51. The fourth-order valence-electron chi connectivity index (χ4n) is 1.94. The summed E-state index contributed by atoms with van der Waals surface area (Å²) >= 11 is 3.39. The Morgan fingerprint density at radius 2 is 2.28 bits per heavy atom. The first kappa shape index (κ1) is 13.1. The van der Waals surface area contributed by atoms with Crippen LogP contribution in [0.2, 0.25) is 0 Å². The topological polar surface area (TPSA) is 58.2 Å². The van der Waals surface area contributed by atoms with E-state index in [0.29, 0.717) is 18.5 Å². The number of halogens is 1. The van der Waals surface area contributed by atoms with Gasteiger partial charge in [0.1, 0.15) is 6.04 Å². The molecule has 1 saturated heterocycles.